The summed E-state index contributed by atoms with van der Waals surface area (Å²) in [5.74, 6) is 2.15. The van der Waals surface area contributed by atoms with Crippen molar-refractivity contribution in [3.8, 4) is 5.75 Å². The minimum absolute atomic E-state index is 0.437. The quantitative estimate of drug-likeness (QED) is 0.846. The summed E-state index contributed by atoms with van der Waals surface area (Å²) in [5.41, 5.74) is 0.808. The van der Waals surface area contributed by atoms with E-state index in [1.807, 2.05) is 22.8 Å². The van der Waals surface area contributed by atoms with Crippen molar-refractivity contribution >= 4 is 5.65 Å². The van der Waals surface area contributed by atoms with E-state index in [4.69, 9.17) is 4.74 Å². The molecule has 1 fully saturated rings. The Hall–Kier alpha value is -1.62. The summed E-state index contributed by atoms with van der Waals surface area (Å²) in [5, 5.41) is 4.60. The Bertz CT molecular complexity index is 578. The summed E-state index contributed by atoms with van der Waals surface area (Å²) < 4.78 is 7.14. The first-order chi connectivity index (χ1) is 9.19. The molecule has 19 heavy (non-hydrogen) atoms. The lowest BCUT2D eigenvalue weighted by Crippen LogP contribution is -2.28. The molecule has 1 atom stereocenters. The van der Waals surface area contributed by atoms with Gasteiger partial charge in [-0.1, -0.05) is 0 Å². The molecule has 0 N–H and O–H groups in total. The van der Waals surface area contributed by atoms with Gasteiger partial charge in [-0.25, -0.2) is 9.50 Å². The van der Waals surface area contributed by atoms with E-state index < -0.39 is 0 Å². The molecule has 1 aliphatic rings. The number of aromatic nitrogens is 3. The monoisotopic (exact) mass is 260 g/mol. The Morgan fingerprint density at radius 1 is 1.42 bits per heavy atom. The molecule has 3 rings (SSSR count). The van der Waals surface area contributed by atoms with Crippen LogP contribution in [0.3, 0.4) is 0 Å². The molecule has 5 nitrogen and oxygen atoms in total. The average molecular weight is 260 g/mol. The minimum Gasteiger partial charge on any atom is -0.493 e. The second-order valence-electron chi connectivity index (χ2n) is 5.39. The average Bonchev–Trinajstić information content (AvgIpc) is 3.04. The van der Waals surface area contributed by atoms with Gasteiger partial charge in [-0.3, -0.25) is 0 Å². The second kappa shape index (κ2) is 4.81. The third-order valence-corrected chi connectivity index (χ3v) is 3.88. The summed E-state index contributed by atoms with van der Waals surface area (Å²) in [6.07, 6.45) is 3.06. The highest BCUT2D eigenvalue weighted by molar-refractivity contribution is 5.52. The number of ether oxygens (including phenoxy) is 1. The molecule has 1 unspecified atom stereocenters. The number of hydrogen-bond acceptors (Lipinski definition) is 4. The molecule has 0 bridgehead atoms. The van der Waals surface area contributed by atoms with Crippen molar-refractivity contribution in [1.82, 2.24) is 19.5 Å². The van der Waals surface area contributed by atoms with Gasteiger partial charge >= 0.3 is 0 Å². The molecule has 0 saturated carbocycles. The van der Waals surface area contributed by atoms with Gasteiger partial charge < -0.3 is 9.64 Å². The zero-order valence-electron chi connectivity index (χ0n) is 11.7. The van der Waals surface area contributed by atoms with E-state index in [9.17, 15) is 0 Å². The second-order valence-corrected chi connectivity index (χ2v) is 5.39. The standard InChI is InChI=1S/C14H20N4O/c1-10(2)17-8-6-11(9-17)13-15-14-12(19-3)5-4-7-18(14)16-13/h4-5,7,10-11H,6,8-9H2,1-3H3. The van der Waals surface area contributed by atoms with Gasteiger partial charge in [0, 0.05) is 24.7 Å². The molecule has 0 aromatic carbocycles. The molecule has 102 valence electrons. The Kier molecular flexibility index (Phi) is 3.14. The first-order valence-corrected chi connectivity index (χ1v) is 6.82. The number of fused-ring (bicyclic) bond motifs is 1. The third kappa shape index (κ3) is 2.18. The van der Waals surface area contributed by atoms with Gasteiger partial charge in [0.05, 0.1) is 7.11 Å². The van der Waals surface area contributed by atoms with E-state index in [0.29, 0.717) is 12.0 Å². The zero-order chi connectivity index (χ0) is 13.4. The topological polar surface area (TPSA) is 42.7 Å². The van der Waals surface area contributed by atoms with E-state index in [1.165, 1.54) is 0 Å². The van der Waals surface area contributed by atoms with Crippen LogP contribution < -0.4 is 4.74 Å². The van der Waals surface area contributed by atoms with Gasteiger partial charge in [-0.2, -0.15) is 5.10 Å². The summed E-state index contributed by atoms with van der Waals surface area (Å²) in [6.45, 7) is 6.66. The van der Waals surface area contributed by atoms with E-state index in [0.717, 1.165) is 36.7 Å². The van der Waals surface area contributed by atoms with Crippen LogP contribution >= 0.6 is 0 Å². The van der Waals surface area contributed by atoms with Crippen LogP contribution in [0, 0.1) is 0 Å². The fourth-order valence-electron chi connectivity index (χ4n) is 2.70. The number of rotatable bonds is 3. The van der Waals surface area contributed by atoms with Crippen molar-refractivity contribution in [3.05, 3.63) is 24.2 Å². The lowest BCUT2D eigenvalue weighted by atomic mass is 10.1. The maximum Gasteiger partial charge on any atom is 0.198 e. The van der Waals surface area contributed by atoms with Crippen LogP contribution in [0.15, 0.2) is 18.3 Å². The smallest absolute Gasteiger partial charge is 0.198 e. The minimum atomic E-state index is 0.437. The lowest BCUT2D eigenvalue weighted by molar-refractivity contribution is 0.272. The van der Waals surface area contributed by atoms with Crippen LogP contribution in [0.2, 0.25) is 0 Å². The van der Waals surface area contributed by atoms with Gasteiger partial charge in [-0.15, -0.1) is 0 Å². The summed E-state index contributed by atoms with van der Waals surface area (Å²) >= 11 is 0. The van der Waals surface area contributed by atoms with Crippen molar-refractivity contribution in [3.63, 3.8) is 0 Å². The van der Waals surface area contributed by atoms with E-state index in [2.05, 4.69) is 28.8 Å². The molecule has 0 amide bonds. The predicted molar refractivity (Wildman–Crippen MR) is 73.6 cm³/mol. The van der Waals surface area contributed by atoms with Gasteiger partial charge in [0.25, 0.3) is 0 Å². The molecule has 0 aliphatic carbocycles. The van der Waals surface area contributed by atoms with Crippen LogP contribution in [0.5, 0.6) is 5.75 Å². The van der Waals surface area contributed by atoms with Gasteiger partial charge in [-0.05, 0) is 38.9 Å². The number of methoxy groups -OCH3 is 1. The fourth-order valence-corrected chi connectivity index (χ4v) is 2.70. The Morgan fingerprint density at radius 2 is 2.26 bits per heavy atom. The Morgan fingerprint density at radius 3 is 2.95 bits per heavy atom. The van der Waals surface area contributed by atoms with Crippen molar-refractivity contribution in [2.24, 2.45) is 0 Å². The van der Waals surface area contributed by atoms with Crippen molar-refractivity contribution in [2.45, 2.75) is 32.2 Å². The summed E-state index contributed by atoms with van der Waals surface area (Å²) in [7, 11) is 1.67. The van der Waals surface area contributed by atoms with Crippen molar-refractivity contribution in [1.29, 1.82) is 0 Å². The maximum atomic E-state index is 5.33. The van der Waals surface area contributed by atoms with Crippen LogP contribution in [0.1, 0.15) is 32.0 Å². The maximum absolute atomic E-state index is 5.33. The van der Waals surface area contributed by atoms with E-state index in [1.54, 1.807) is 7.11 Å². The molecule has 2 aromatic rings. The van der Waals surface area contributed by atoms with Gasteiger partial charge in [0.15, 0.2) is 17.2 Å². The van der Waals surface area contributed by atoms with Gasteiger partial charge in [0.1, 0.15) is 0 Å². The largest absolute Gasteiger partial charge is 0.493 e. The van der Waals surface area contributed by atoms with Crippen LogP contribution in [0.4, 0.5) is 0 Å². The Balaban J connectivity index is 1.90. The molecule has 1 aliphatic heterocycles. The van der Waals surface area contributed by atoms with Crippen molar-refractivity contribution in [2.75, 3.05) is 20.2 Å². The lowest BCUT2D eigenvalue weighted by Gasteiger charge is -2.19. The fraction of sp³-hybridized carbons (Fsp3) is 0.571. The molecular weight excluding hydrogens is 240 g/mol. The zero-order valence-corrected chi connectivity index (χ0v) is 11.7. The summed E-state index contributed by atoms with van der Waals surface area (Å²) in [4.78, 5) is 7.14. The third-order valence-electron chi connectivity index (χ3n) is 3.88. The number of likely N-dealkylation sites (tertiary alicyclic amines) is 1. The van der Waals surface area contributed by atoms with Crippen molar-refractivity contribution < 1.29 is 4.74 Å². The van der Waals surface area contributed by atoms with Crippen LogP contribution in [-0.4, -0.2) is 45.7 Å². The van der Waals surface area contributed by atoms with E-state index in [-0.39, 0.29) is 0 Å². The SMILES string of the molecule is COc1cccn2nc(C3CCN(C(C)C)C3)nc12. The van der Waals surface area contributed by atoms with Crippen LogP contribution in [0.25, 0.3) is 5.65 Å². The number of pyridine rings is 1. The highest BCUT2D eigenvalue weighted by Crippen LogP contribution is 2.27. The van der Waals surface area contributed by atoms with Crippen LogP contribution in [-0.2, 0) is 0 Å². The summed E-state index contributed by atoms with van der Waals surface area (Å²) in [6, 6.07) is 4.44. The highest BCUT2D eigenvalue weighted by Gasteiger charge is 2.28. The molecule has 0 spiro atoms. The first kappa shape index (κ1) is 12.4. The Labute approximate surface area is 113 Å². The normalized spacial score (nSPS) is 20.5. The first-order valence-electron chi connectivity index (χ1n) is 6.82. The molecule has 1 saturated heterocycles. The predicted octanol–water partition coefficient (Wildman–Crippen LogP) is 1.94. The molecule has 5 heteroatoms. The number of hydrogen-bond donors (Lipinski definition) is 0. The molecule has 0 radical (unpaired) electrons. The number of nitrogens with zero attached hydrogens (tertiary/aromatic N) is 4. The molecule has 3 heterocycles. The van der Waals surface area contributed by atoms with E-state index >= 15 is 0 Å². The molecule has 2 aromatic heterocycles. The molecular formula is C14H20N4O. The van der Waals surface area contributed by atoms with Gasteiger partial charge in [0.2, 0.25) is 0 Å². The highest BCUT2D eigenvalue weighted by atomic mass is 16.5.